The molecular weight excluding hydrogens is 140 g/mol. The molecule has 0 nitrogen and oxygen atoms in total. The Bertz CT molecular complexity index is 90.9. The van der Waals surface area contributed by atoms with E-state index >= 15 is 0 Å². The van der Waals surface area contributed by atoms with E-state index in [-0.39, 0.29) is 0 Å². The number of hydrogen-bond donors (Lipinski definition) is 0. The highest BCUT2D eigenvalue weighted by Crippen LogP contribution is 2.37. The van der Waals surface area contributed by atoms with Crippen molar-refractivity contribution in [2.24, 2.45) is 11.8 Å². The Balaban J connectivity index is 2.27. The molecule has 1 aliphatic carbocycles. The molecule has 0 aromatic heterocycles. The number of rotatable bonds is 2. The summed E-state index contributed by atoms with van der Waals surface area (Å²) in [5.74, 6) is 3.25. The normalized spacial score (nSPS) is 40.5. The van der Waals surface area contributed by atoms with Gasteiger partial charge >= 0.3 is 0 Å². The third-order valence-corrected chi connectivity index (χ3v) is 3.83. The molecule has 1 heteroatoms. The molecule has 1 fully saturated rings. The minimum Gasteiger partial charge on any atom is -0.159 e. The van der Waals surface area contributed by atoms with E-state index in [0.717, 1.165) is 17.1 Å². The maximum absolute atomic E-state index is 2.39. The molecule has 1 aliphatic rings. The van der Waals surface area contributed by atoms with Crippen molar-refractivity contribution in [2.75, 3.05) is 5.75 Å². The average Bonchev–Trinajstić information content (AvgIpc) is 2.14. The van der Waals surface area contributed by atoms with Gasteiger partial charge in [-0.3, -0.25) is 0 Å². The first-order valence-electron chi connectivity index (χ1n) is 4.35. The quantitative estimate of drug-likeness (QED) is 0.595. The predicted molar refractivity (Wildman–Crippen MR) is 49.5 cm³/mol. The molecule has 0 N–H and O–H groups in total. The third-order valence-electron chi connectivity index (χ3n) is 2.64. The summed E-state index contributed by atoms with van der Waals surface area (Å²) in [5, 5.41) is 0.981. The summed E-state index contributed by atoms with van der Waals surface area (Å²) in [7, 11) is 0. The smallest absolute Gasteiger partial charge is 0.00522 e. The highest BCUT2D eigenvalue weighted by atomic mass is 32.2. The fourth-order valence-electron chi connectivity index (χ4n) is 1.76. The molecule has 3 atom stereocenters. The summed E-state index contributed by atoms with van der Waals surface area (Å²) in [6.07, 6.45) is 2.92. The lowest BCUT2D eigenvalue weighted by atomic mass is 10.0. The van der Waals surface area contributed by atoms with Crippen molar-refractivity contribution in [3.63, 3.8) is 0 Å². The first kappa shape index (κ1) is 8.45. The fourth-order valence-corrected chi connectivity index (χ4v) is 3.11. The van der Waals surface area contributed by atoms with Crippen molar-refractivity contribution in [1.29, 1.82) is 0 Å². The van der Waals surface area contributed by atoms with Crippen LogP contribution < -0.4 is 0 Å². The van der Waals surface area contributed by atoms with Crippen LogP contribution in [0.5, 0.6) is 0 Å². The maximum atomic E-state index is 2.39. The third kappa shape index (κ3) is 1.91. The van der Waals surface area contributed by atoms with Crippen molar-refractivity contribution in [3.05, 3.63) is 0 Å². The summed E-state index contributed by atoms with van der Waals surface area (Å²) in [5.41, 5.74) is 0. The summed E-state index contributed by atoms with van der Waals surface area (Å²) in [6.45, 7) is 7.04. The molecule has 0 aliphatic heterocycles. The van der Waals surface area contributed by atoms with E-state index in [1.165, 1.54) is 18.6 Å². The van der Waals surface area contributed by atoms with Crippen molar-refractivity contribution >= 4 is 11.8 Å². The van der Waals surface area contributed by atoms with Crippen LogP contribution in [0.3, 0.4) is 0 Å². The highest BCUT2D eigenvalue weighted by molar-refractivity contribution is 7.99. The molecule has 10 heavy (non-hydrogen) atoms. The van der Waals surface area contributed by atoms with E-state index in [0.29, 0.717) is 0 Å². The molecule has 1 rings (SSSR count). The Kier molecular flexibility index (Phi) is 3.09. The van der Waals surface area contributed by atoms with Gasteiger partial charge in [0.05, 0.1) is 0 Å². The van der Waals surface area contributed by atoms with Crippen molar-refractivity contribution < 1.29 is 0 Å². The second-order valence-corrected chi connectivity index (χ2v) is 5.08. The molecule has 0 saturated heterocycles. The van der Waals surface area contributed by atoms with Crippen molar-refractivity contribution in [2.45, 2.75) is 38.9 Å². The lowest BCUT2D eigenvalue weighted by Gasteiger charge is -2.05. The predicted octanol–water partition coefficient (Wildman–Crippen LogP) is 3.17. The molecule has 2 unspecified atom stereocenters. The largest absolute Gasteiger partial charge is 0.159 e. The second-order valence-electron chi connectivity index (χ2n) is 3.50. The van der Waals surface area contributed by atoms with Crippen molar-refractivity contribution in [3.8, 4) is 0 Å². The summed E-state index contributed by atoms with van der Waals surface area (Å²) in [6, 6.07) is 0. The Hall–Kier alpha value is 0.350. The second kappa shape index (κ2) is 3.66. The van der Waals surface area contributed by atoms with E-state index in [2.05, 4.69) is 32.5 Å². The average molecular weight is 158 g/mol. The van der Waals surface area contributed by atoms with Gasteiger partial charge in [-0.15, -0.1) is 0 Å². The molecule has 0 heterocycles. The SMILES string of the molecule is CCSC1CC(C)[C@H](C)C1. The van der Waals surface area contributed by atoms with Gasteiger partial charge in [-0.05, 0) is 30.4 Å². The van der Waals surface area contributed by atoms with Gasteiger partial charge in [-0.25, -0.2) is 0 Å². The Morgan fingerprint density at radius 3 is 2.10 bits per heavy atom. The summed E-state index contributed by atoms with van der Waals surface area (Å²) >= 11 is 2.15. The summed E-state index contributed by atoms with van der Waals surface area (Å²) in [4.78, 5) is 0. The van der Waals surface area contributed by atoms with Gasteiger partial charge in [0.2, 0.25) is 0 Å². The minimum absolute atomic E-state index is 0.976. The van der Waals surface area contributed by atoms with Gasteiger partial charge in [0, 0.05) is 5.25 Å². The van der Waals surface area contributed by atoms with Gasteiger partial charge in [0.15, 0.2) is 0 Å². The van der Waals surface area contributed by atoms with Gasteiger partial charge in [0.1, 0.15) is 0 Å². The topological polar surface area (TPSA) is 0 Å². The highest BCUT2D eigenvalue weighted by Gasteiger charge is 2.27. The van der Waals surface area contributed by atoms with Crippen LogP contribution in [-0.4, -0.2) is 11.0 Å². The fraction of sp³-hybridized carbons (Fsp3) is 1.00. The van der Waals surface area contributed by atoms with E-state index in [1.807, 2.05) is 0 Å². The Labute approximate surface area is 68.8 Å². The zero-order chi connectivity index (χ0) is 7.56. The van der Waals surface area contributed by atoms with Gasteiger partial charge < -0.3 is 0 Å². The van der Waals surface area contributed by atoms with E-state index in [9.17, 15) is 0 Å². The van der Waals surface area contributed by atoms with Crippen LogP contribution in [0.25, 0.3) is 0 Å². The van der Waals surface area contributed by atoms with Crippen LogP contribution in [0.4, 0.5) is 0 Å². The molecule has 0 bridgehead atoms. The van der Waals surface area contributed by atoms with Crippen LogP contribution in [0.15, 0.2) is 0 Å². The molecule has 0 aromatic carbocycles. The molecule has 0 radical (unpaired) electrons. The number of hydrogen-bond acceptors (Lipinski definition) is 1. The van der Waals surface area contributed by atoms with E-state index in [4.69, 9.17) is 0 Å². The van der Waals surface area contributed by atoms with Crippen LogP contribution in [0.1, 0.15) is 33.6 Å². The van der Waals surface area contributed by atoms with Gasteiger partial charge in [-0.2, -0.15) is 11.8 Å². The van der Waals surface area contributed by atoms with E-state index in [1.54, 1.807) is 0 Å². The molecule has 0 amide bonds. The Morgan fingerprint density at radius 2 is 1.70 bits per heavy atom. The summed E-state index contributed by atoms with van der Waals surface area (Å²) < 4.78 is 0. The molecular formula is C9H18S. The Morgan fingerprint density at radius 1 is 1.20 bits per heavy atom. The monoisotopic (exact) mass is 158 g/mol. The first-order chi connectivity index (χ1) is 4.74. The molecule has 0 spiro atoms. The van der Waals surface area contributed by atoms with Crippen molar-refractivity contribution in [1.82, 2.24) is 0 Å². The lowest BCUT2D eigenvalue weighted by Crippen LogP contribution is -1.95. The maximum Gasteiger partial charge on any atom is 0.00522 e. The standard InChI is InChI=1S/C9H18S/c1-4-10-9-5-7(2)8(3)6-9/h7-9H,4-6H2,1-3H3/t7-,8?,9?/m1/s1. The van der Waals surface area contributed by atoms with Crippen LogP contribution in [0.2, 0.25) is 0 Å². The lowest BCUT2D eigenvalue weighted by molar-refractivity contribution is 0.457. The van der Waals surface area contributed by atoms with Crippen LogP contribution in [-0.2, 0) is 0 Å². The van der Waals surface area contributed by atoms with Crippen LogP contribution in [0, 0.1) is 11.8 Å². The van der Waals surface area contributed by atoms with Gasteiger partial charge in [0.25, 0.3) is 0 Å². The van der Waals surface area contributed by atoms with Crippen LogP contribution >= 0.6 is 11.8 Å². The molecule has 1 saturated carbocycles. The minimum atomic E-state index is 0.976. The number of thioether (sulfide) groups is 1. The molecule has 0 aromatic rings. The van der Waals surface area contributed by atoms with Gasteiger partial charge in [-0.1, -0.05) is 20.8 Å². The van der Waals surface area contributed by atoms with E-state index < -0.39 is 0 Å². The molecule has 60 valence electrons. The first-order valence-corrected chi connectivity index (χ1v) is 5.40. The zero-order valence-corrected chi connectivity index (χ0v) is 8.08. The zero-order valence-electron chi connectivity index (χ0n) is 7.26.